The van der Waals surface area contributed by atoms with Crippen molar-refractivity contribution in [3.63, 3.8) is 0 Å². The number of alkyl halides is 3. The van der Waals surface area contributed by atoms with Crippen LogP contribution in [0, 0.1) is 6.92 Å². The van der Waals surface area contributed by atoms with E-state index in [9.17, 15) is 18.0 Å². The van der Waals surface area contributed by atoms with E-state index in [1.807, 2.05) is 0 Å². The second kappa shape index (κ2) is 4.56. The van der Waals surface area contributed by atoms with Crippen molar-refractivity contribution in [2.45, 2.75) is 38.0 Å². The first-order valence-corrected chi connectivity index (χ1v) is 5.78. The van der Waals surface area contributed by atoms with E-state index in [-0.39, 0.29) is 30.7 Å². The summed E-state index contributed by atoms with van der Waals surface area (Å²) in [6, 6.07) is 1.40. The largest absolute Gasteiger partial charge is 0.465 e. The molecule has 2 rings (SSSR count). The molecule has 1 aromatic heterocycles. The molecule has 1 saturated carbocycles. The summed E-state index contributed by atoms with van der Waals surface area (Å²) in [4.78, 5) is 11.3. The topological polar surface area (TPSA) is 51.5 Å². The van der Waals surface area contributed by atoms with Gasteiger partial charge < -0.3 is 9.15 Å². The number of rotatable bonds is 4. The Bertz CT molecular complexity index is 489. The van der Waals surface area contributed by atoms with Crippen molar-refractivity contribution in [2.75, 3.05) is 7.11 Å². The maximum Gasteiger partial charge on any atom is 0.406 e. The summed E-state index contributed by atoms with van der Waals surface area (Å²) in [5.74, 6) is 0.0541. The van der Waals surface area contributed by atoms with E-state index < -0.39 is 17.7 Å². The Labute approximate surface area is 107 Å². The van der Waals surface area contributed by atoms with Crippen LogP contribution in [0.3, 0.4) is 0 Å². The standard InChI is InChI=1S/C12H14F3NO3/c1-7-9(10(17)18-2)5-8(19-7)6-16-11(3-4-11)12(13,14)15/h5,16H,3-4,6H2,1-2H3. The first kappa shape index (κ1) is 13.9. The summed E-state index contributed by atoms with van der Waals surface area (Å²) >= 11 is 0. The highest BCUT2D eigenvalue weighted by molar-refractivity contribution is 5.90. The number of aryl methyl sites for hydroxylation is 1. The molecule has 0 spiro atoms. The van der Waals surface area contributed by atoms with Crippen molar-refractivity contribution in [1.82, 2.24) is 5.32 Å². The Balaban J connectivity index is 2.03. The fourth-order valence-electron chi connectivity index (χ4n) is 1.89. The van der Waals surface area contributed by atoms with Crippen LogP contribution in [0.2, 0.25) is 0 Å². The molecule has 4 nitrogen and oxygen atoms in total. The molecule has 0 unspecified atom stereocenters. The van der Waals surface area contributed by atoms with Crippen LogP contribution in [0.5, 0.6) is 0 Å². The Hall–Kier alpha value is -1.50. The van der Waals surface area contributed by atoms with E-state index >= 15 is 0 Å². The lowest BCUT2D eigenvalue weighted by Gasteiger charge is -2.19. The van der Waals surface area contributed by atoms with Gasteiger partial charge in [-0.25, -0.2) is 4.79 Å². The molecule has 0 atom stereocenters. The SMILES string of the molecule is COC(=O)c1cc(CNC2(C(F)(F)F)CC2)oc1C. The van der Waals surface area contributed by atoms with E-state index in [0.717, 1.165) is 0 Å². The molecule has 0 aliphatic heterocycles. The number of halogens is 3. The molecule has 0 aromatic carbocycles. The van der Waals surface area contributed by atoms with Crippen LogP contribution in [0.4, 0.5) is 13.2 Å². The van der Waals surface area contributed by atoms with Crippen LogP contribution in [0.1, 0.15) is 34.7 Å². The van der Waals surface area contributed by atoms with Gasteiger partial charge in [-0.05, 0) is 25.8 Å². The molecule has 1 aromatic rings. The third-order valence-corrected chi connectivity index (χ3v) is 3.27. The summed E-state index contributed by atoms with van der Waals surface area (Å²) in [5.41, 5.74) is -1.56. The maximum atomic E-state index is 12.7. The molecule has 0 amide bonds. The number of carbonyl (C=O) groups is 1. The third kappa shape index (κ3) is 2.60. The van der Waals surface area contributed by atoms with Crippen LogP contribution in [-0.2, 0) is 11.3 Å². The van der Waals surface area contributed by atoms with E-state index in [0.29, 0.717) is 5.76 Å². The normalized spacial score (nSPS) is 17.3. The highest BCUT2D eigenvalue weighted by Crippen LogP contribution is 2.49. The third-order valence-electron chi connectivity index (χ3n) is 3.27. The van der Waals surface area contributed by atoms with Gasteiger partial charge in [-0.1, -0.05) is 0 Å². The quantitative estimate of drug-likeness (QED) is 0.859. The van der Waals surface area contributed by atoms with Gasteiger partial charge >= 0.3 is 12.1 Å². The number of furan rings is 1. The number of carbonyl (C=O) groups excluding carboxylic acids is 1. The number of hydrogen-bond acceptors (Lipinski definition) is 4. The van der Waals surface area contributed by atoms with Gasteiger partial charge in [0.2, 0.25) is 0 Å². The monoisotopic (exact) mass is 277 g/mol. The molecular weight excluding hydrogens is 263 g/mol. The molecule has 106 valence electrons. The lowest BCUT2D eigenvalue weighted by Crippen LogP contribution is -2.44. The number of nitrogens with one attached hydrogen (secondary N) is 1. The van der Waals surface area contributed by atoms with Crippen LogP contribution in [0.25, 0.3) is 0 Å². The average Bonchev–Trinajstić information content (AvgIpc) is 3.04. The van der Waals surface area contributed by atoms with E-state index in [2.05, 4.69) is 10.1 Å². The van der Waals surface area contributed by atoms with Gasteiger partial charge in [-0.3, -0.25) is 5.32 Å². The van der Waals surface area contributed by atoms with Crippen LogP contribution < -0.4 is 5.32 Å². The van der Waals surface area contributed by atoms with E-state index in [4.69, 9.17) is 4.42 Å². The zero-order chi connectivity index (χ0) is 14.3. The fourth-order valence-corrected chi connectivity index (χ4v) is 1.89. The highest BCUT2D eigenvalue weighted by Gasteiger charge is 2.63. The molecule has 1 heterocycles. The highest BCUT2D eigenvalue weighted by atomic mass is 19.4. The Kier molecular flexibility index (Phi) is 3.34. The first-order chi connectivity index (χ1) is 8.79. The Morgan fingerprint density at radius 2 is 2.16 bits per heavy atom. The molecule has 1 N–H and O–H groups in total. The van der Waals surface area contributed by atoms with Gasteiger partial charge in [-0.15, -0.1) is 0 Å². The molecule has 1 fully saturated rings. The van der Waals surface area contributed by atoms with Crippen molar-refractivity contribution in [3.8, 4) is 0 Å². The summed E-state index contributed by atoms with van der Waals surface area (Å²) in [7, 11) is 1.23. The Morgan fingerprint density at radius 1 is 1.53 bits per heavy atom. The van der Waals surface area contributed by atoms with Crippen molar-refractivity contribution in [3.05, 3.63) is 23.2 Å². The van der Waals surface area contributed by atoms with Crippen LogP contribution >= 0.6 is 0 Å². The number of hydrogen-bond donors (Lipinski definition) is 1. The van der Waals surface area contributed by atoms with Crippen molar-refractivity contribution >= 4 is 5.97 Å². The van der Waals surface area contributed by atoms with E-state index in [1.54, 1.807) is 6.92 Å². The van der Waals surface area contributed by atoms with Gasteiger partial charge in [-0.2, -0.15) is 13.2 Å². The second-order valence-electron chi connectivity index (χ2n) is 4.61. The number of esters is 1. The molecule has 0 bridgehead atoms. The maximum absolute atomic E-state index is 12.7. The van der Waals surface area contributed by atoms with Crippen molar-refractivity contribution < 1.29 is 27.1 Å². The number of ether oxygens (including phenoxy) is 1. The van der Waals surface area contributed by atoms with Crippen LogP contribution in [-0.4, -0.2) is 24.8 Å². The first-order valence-electron chi connectivity index (χ1n) is 5.78. The molecule has 7 heteroatoms. The van der Waals surface area contributed by atoms with Crippen LogP contribution in [0.15, 0.2) is 10.5 Å². The minimum Gasteiger partial charge on any atom is -0.465 e. The minimum atomic E-state index is -4.26. The molecule has 1 aliphatic carbocycles. The Morgan fingerprint density at radius 3 is 2.63 bits per heavy atom. The predicted molar refractivity (Wildman–Crippen MR) is 59.6 cm³/mol. The summed E-state index contributed by atoms with van der Waals surface area (Å²) < 4.78 is 47.9. The molecule has 0 radical (unpaired) electrons. The zero-order valence-electron chi connectivity index (χ0n) is 10.6. The van der Waals surface area contributed by atoms with Gasteiger partial charge in [0.05, 0.1) is 13.7 Å². The lowest BCUT2D eigenvalue weighted by molar-refractivity contribution is -0.166. The smallest absolute Gasteiger partial charge is 0.406 e. The fraction of sp³-hybridized carbons (Fsp3) is 0.583. The summed E-state index contributed by atoms with van der Waals surface area (Å²) in [6.45, 7) is 1.49. The van der Waals surface area contributed by atoms with Crippen molar-refractivity contribution in [1.29, 1.82) is 0 Å². The van der Waals surface area contributed by atoms with Gasteiger partial charge in [0, 0.05) is 0 Å². The summed E-state index contributed by atoms with van der Waals surface area (Å²) in [5, 5.41) is 2.45. The van der Waals surface area contributed by atoms with E-state index in [1.165, 1.54) is 13.2 Å². The molecule has 1 aliphatic rings. The van der Waals surface area contributed by atoms with Gasteiger partial charge in [0.15, 0.2) is 0 Å². The summed E-state index contributed by atoms with van der Waals surface area (Å²) in [6.07, 6.45) is -4.13. The molecule has 19 heavy (non-hydrogen) atoms. The molecule has 0 saturated heterocycles. The number of methoxy groups -OCH3 is 1. The lowest BCUT2D eigenvalue weighted by atomic mass is 10.2. The van der Waals surface area contributed by atoms with Gasteiger partial charge in [0.1, 0.15) is 22.6 Å². The average molecular weight is 277 g/mol. The van der Waals surface area contributed by atoms with Gasteiger partial charge in [0.25, 0.3) is 0 Å². The minimum absolute atomic E-state index is 0.0695. The predicted octanol–water partition coefficient (Wildman–Crippen LogP) is 2.56. The molecular formula is C12H14F3NO3. The van der Waals surface area contributed by atoms with Crippen molar-refractivity contribution in [2.24, 2.45) is 0 Å². The zero-order valence-corrected chi connectivity index (χ0v) is 10.6. The second-order valence-corrected chi connectivity index (χ2v) is 4.61.